The van der Waals surface area contributed by atoms with Crippen molar-refractivity contribution in [1.29, 1.82) is 0 Å². The fourth-order valence-corrected chi connectivity index (χ4v) is 0.465. The molecular formula is C8H17O2. The van der Waals surface area contributed by atoms with Crippen LogP contribution in [0.4, 0.5) is 0 Å². The minimum absolute atomic E-state index is 0.705. The zero-order valence-corrected chi connectivity index (χ0v) is 6.93. The Kier molecular flexibility index (Phi) is 8.85. The van der Waals surface area contributed by atoms with Gasteiger partial charge in [0.2, 0.25) is 0 Å². The van der Waals surface area contributed by atoms with Crippen molar-refractivity contribution in [3.05, 3.63) is 6.61 Å². The van der Waals surface area contributed by atoms with Gasteiger partial charge in [-0.05, 0) is 12.8 Å². The van der Waals surface area contributed by atoms with Crippen molar-refractivity contribution in [1.82, 2.24) is 0 Å². The van der Waals surface area contributed by atoms with E-state index in [0.29, 0.717) is 6.61 Å². The molecule has 0 fully saturated rings. The van der Waals surface area contributed by atoms with Gasteiger partial charge in [-0.25, -0.2) is 9.78 Å². The zero-order chi connectivity index (χ0) is 7.66. The molecule has 0 aromatic rings. The molecule has 2 nitrogen and oxygen atoms in total. The molecule has 0 rings (SSSR count). The fraction of sp³-hybridized carbons (Fsp3) is 0.875. The smallest absolute Gasteiger partial charge is 0.122 e. The summed E-state index contributed by atoms with van der Waals surface area (Å²) in [6.45, 7) is 6.64. The molecule has 0 saturated carbocycles. The lowest BCUT2D eigenvalue weighted by Crippen LogP contribution is -1.93. The number of hydrogen-bond acceptors (Lipinski definition) is 2. The first-order chi connectivity index (χ1) is 4.91. The SMILES string of the molecule is CCC[CH]OOCCCC. The Labute approximate surface area is 63.5 Å². The average Bonchev–Trinajstić information content (AvgIpc) is 1.97. The molecule has 0 aliphatic rings. The predicted octanol–water partition coefficient (Wildman–Crippen LogP) is 2.70. The summed E-state index contributed by atoms with van der Waals surface area (Å²) in [4.78, 5) is 9.57. The van der Waals surface area contributed by atoms with Crippen LogP contribution in [0.25, 0.3) is 0 Å². The molecule has 0 aromatic carbocycles. The van der Waals surface area contributed by atoms with E-state index in [1.165, 1.54) is 0 Å². The quantitative estimate of drug-likeness (QED) is 0.311. The lowest BCUT2D eigenvalue weighted by atomic mass is 10.4. The average molecular weight is 145 g/mol. The van der Waals surface area contributed by atoms with Gasteiger partial charge in [-0.3, -0.25) is 0 Å². The van der Waals surface area contributed by atoms with Crippen molar-refractivity contribution < 1.29 is 9.78 Å². The molecule has 10 heavy (non-hydrogen) atoms. The Morgan fingerprint density at radius 1 is 1.20 bits per heavy atom. The molecule has 0 atom stereocenters. The first-order valence-electron chi connectivity index (χ1n) is 4.01. The Morgan fingerprint density at radius 3 is 2.60 bits per heavy atom. The first kappa shape index (κ1) is 9.92. The van der Waals surface area contributed by atoms with Crippen molar-refractivity contribution in [2.75, 3.05) is 6.61 Å². The third-order valence-corrected chi connectivity index (χ3v) is 1.12. The van der Waals surface area contributed by atoms with E-state index < -0.39 is 0 Å². The third kappa shape index (κ3) is 7.92. The summed E-state index contributed by atoms with van der Waals surface area (Å²) in [6.07, 6.45) is 4.29. The normalized spacial score (nSPS) is 10.2. The molecule has 1 radical (unpaired) electrons. The molecule has 0 N–H and O–H groups in total. The van der Waals surface area contributed by atoms with Gasteiger partial charge in [0.15, 0.2) is 0 Å². The van der Waals surface area contributed by atoms with Gasteiger partial charge in [0.05, 0.1) is 6.61 Å². The maximum absolute atomic E-state index is 4.82. The second kappa shape index (κ2) is 8.92. The van der Waals surface area contributed by atoms with Crippen LogP contribution >= 0.6 is 0 Å². The molecule has 0 unspecified atom stereocenters. The molecule has 0 aromatic heterocycles. The topological polar surface area (TPSA) is 18.5 Å². The molecule has 0 bridgehead atoms. The van der Waals surface area contributed by atoms with Crippen LogP contribution in [0.2, 0.25) is 0 Å². The molecule has 0 amide bonds. The minimum Gasteiger partial charge on any atom is -0.236 e. The van der Waals surface area contributed by atoms with Crippen molar-refractivity contribution in [2.45, 2.75) is 39.5 Å². The lowest BCUT2D eigenvalue weighted by Gasteiger charge is -2.00. The molecular weight excluding hydrogens is 128 g/mol. The molecule has 0 heterocycles. The van der Waals surface area contributed by atoms with Gasteiger partial charge >= 0.3 is 0 Å². The summed E-state index contributed by atoms with van der Waals surface area (Å²) in [5, 5.41) is 0. The summed E-state index contributed by atoms with van der Waals surface area (Å²) < 4.78 is 0. The van der Waals surface area contributed by atoms with E-state index in [1.54, 1.807) is 6.61 Å². The first-order valence-corrected chi connectivity index (χ1v) is 4.01. The highest BCUT2D eigenvalue weighted by Crippen LogP contribution is 1.95. The second-order valence-electron chi connectivity index (χ2n) is 2.23. The van der Waals surface area contributed by atoms with Gasteiger partial charge in [0, 0.05) is 0 Å². The van der Waals surface area contributed by atoms with Gasteiger partial charge in [0.1, 0.15) is 6.61 Å². The molecule has 0 spiro atoms. The summed E-state index contributed by atoms with van der Waals surface area (Å²) in [5.41, 5.74) is 0. The van der Waals surface area contributed by atoms with Crippen LogP contribution in [-0.4, -0.2) is 6.61 Å². The Bertz CT molecular complexity index is 47.2. The molecule has 61 valence electrons. The van der Waals surface area contributed by atoms with Crippen LogP contribution < -0.4 is 0 Å². The Hall–Kier alpha value is -0.0800. The highest BCUT2D eigenvalue weighted by Gasteiger charge is 1.87. The number of unbranched alkanes of at least 4 members (excludes halogenated alkanes) is 2. The van der Waals surface area contributed by atoms with Crippen LogP contribution in [0.5, 0.6) is 0 Å². The zero-order valence-electron chi connectivity index (χ0n) is 6.93. The summed E-state index contributed by atoms with van der Waals surface area (Å²) in [6, 6.07) is 0. The van der Waals surface area contributed by atoms with E-state index in [1.807, 2.05) is 0 Å². The Morgan fingerprint density at radius 2 is 2.00 bits per heavy atom. The molecule has 0 aliphatic carbocycles. The van der Waals surface area contributed by atoms with Gasteiger partial charge in [-0.1, -0.05) is 26.7 Å². The highest BCUT2D eigenvalue weighted by molar-refractivity contribution is 4.43. The highest BCUT2D eigenvalue weighted by atomic mass is 17.2. The predicted molar refractivity (Wildman–Crippen MR) is 41.2 cm³/mol. The maximum atomic E-state index is 4.82. The van der Waals surface area contributed by atoms with E-state index in [2.05, 4.69) is 13.8 Å². The minimum atomic E-state index is 0.705. The fourth-order valence-electron chi connectivity index (χ4n) is 0.465. The van der Waals surface area contributed by atoms with Crippen LogP contribution in [0, 0.1) is 6.61 Å². The standard InChI is InChI=1S/C8H17O2/c1-3-5-7-9-10-8-6-4-2/h7H,3-6,8H2,1-2H3. The van der Waals surface area contributed by atoms with Crippen LogP contribution in [0.3, 0.4) is 0 Å². The van der Waals surface area contributed by atoms with Crippen molar-refractivity contribution >= 4 is 0 Å². The van der Waals surface area contributed by atoms with Crippen molar-refractivity contribution in [2.24, 2.45) is 0 Å². The summed E-state index contributed by atoms with van der Waals surface area (Å²) in [7, 11) is 0. The molecule has 2 heteroatoms. The van der Waals surface area contributed by atoms with E-state index >= 15 is 0 Å². The lowest BCUT2D eigenvalue weighted by molar-refractivity contribution is -0.269. The van der Waals surface area contributed by atoms with Crippen LogP contribution in [-0.2, 0) is 9.78 Å². The third-order valence-electron chi connectivity index (χ3n) is 1.12. The van der Waals surface area contributed by atoms with Crippen molar-refractivity contribution in [3.8, 4) is 0 Å². The van der Waals surface area contributed by atoms with Gasteiger partial charge in [0.25, 0.3) is 0 Å². The van der Waals surface area contributed by atoms with E-state index in [4.69, 9.17) is 9.78 Å². The summed E-state index contributed by atoms with van der Waals surface area (Å²) >= 11 is 0. The van der Waals surface area contributed by atoms with Gasteiger partial charge in [-0.2, -0.15) is 0 Å². The number of hydrogen-bond donors (Lipinski definition) is 0. The summed E-state index contributed by atoms with van der Waals surface area (Å²) in [5.74, 6) is 0. The monoisotopic (exact) mass is 145 g/mol. The van der Waals surface area contributed by atoms with E-state index in [0.717, 1.165) is 25.7 Å². The van der Waals surface area contributed by atoms with E-state index in [-0.39, 0.29) is 0 Å². The van der Waals surface area contributed by atoms with Crippen LogP contribution in [0.1, 0.15) is 39.5 Å². The largest absolute Gasteiger partial charge is 0.236 e. The second-order valence-corrected chi connectivity index (χ2v) is 2.23. The van der Waals surface area contributed by atoms with Gasteiger partial charge < -0.3 is 0 Å². The van der Waals surface area contributed by atoms with Crippen LogP contribution in [0.15, 0.2) is 0 Å². The number of rotatable bonds is 7. The molecule has 0 aliphatic heterocycles. The van der Waals surface area contributed by atoms with Crippen molar-refractivity contribution in [3.63, 3.8) is 0 Å². The maximum Gasteiger partial charge on any atom is 0.122 e. The van der Waals surface area contributed by atoms with Gasteiger partial charge in [-0.15, -0.1) is 0 Å². The van der Waals surface area contributed by atoms with E-state index in [9.17, 15) is 0 Å². The Balaban J connectivity index is 2.65. The molecule has 0 saturated heterocycles.